The Morgan fingerprint density at radius 1 is 1.25 bits per heavy atom. The maximum atomic E-state index is 11.6. The van der Waals surface area contributed by atoms with Crippen molar-refractivity contribution in [1.82, 2.24) is 0 Å². The molecule has 0 heterocycles. The molecule has 0 aromatic carbocycles. The molecule has 72 valence electrons. The molecule has 0 amide bonds. The number of alkyl halides is 1. The second-order valence-corrected chi connectivity index (χ2v) is 4.87. The highest BCUT2D eigenvalue weighted by atomic mass is 32.2. The Kier molecular flexibility index (Phi) is 3.46. The minimum Gasteiger partial charge on any atom is -0.236 e. The van der Waals surface area contributed by atoms with Crippen LogP contribution in [0, 0.1) is 0 Å². The van der Waals surface area contributed by atoms with E-state index in [2.05, 4.69) is 4.18 Å². The van der Waals surface area contributed by atoms with Crippen molar-refractivity contribution in [2.24, 2.45) is 0 Å². The highest BCUT2D eigenvalue weighted by Crippen LogP contribution is 2.24. The van der Waals surface area contributed by atoms with Gasteiger partial charge in [-0.2, -0.15) is 8.42 Å². The van der Waals surface area contributed by atoms with Crippen molar-refractivity contribution in [3.8, 4) is 0 Å². The maximum absolute atomic E-state index is 11.6. The Morgan fingerprint density at radius 3 is 2.33 bits per heavy atom. The van der Waals surface area contributed by atoms with Gasteiger partial charge in [0.2, 0.25) is 6.86 Å². The molecular weight excluding hydrogens is 183 g/mol. The second-order valence-electron chi connectivity index (χ2n) is 2.98. The van der Waals surface area contributed by atoms with Gasteiger partial charge < -0.3 is 0 Å². The van der Waals surface area contributed by atoms with Gasteiger partial charge in [0.15, 0.2) is 0 Å². The van der Waals surface area contributed by atoms with Gasteiger partial charge in [0, 0.05) is 0 Å². The van der Waals surface area contributed by atoms with Crippen molar-refractivity contribution < 1.29 is 17.0 Å². The Balaban J connectivity index is 2.54. The summed E-state index contributed by atoms with van der Waals surface area (Å²) in [7, 11) is -3.61. The first kappa shape index (κ1) is 9.92. The molecule has 0 bridgehead atoms. The van der Waals surface area contributed by atoms with Gasteiger partial charge in [0.1, 0.15) is 0 Å². The largest absolute Gasteiger partial charge is 0.272 e. The number of hydrogen-bond acceptors (Lipinski definition) is 3. The van der Waals surface area contributed by atoms with Crippen LogP contribution in [0.4, 0.5) is 4.39 Å². The monoisotopic (exact) mass is 196 g/mol. The molecule has 1 saturated carbocycles. The van der Waals surface area contributed by atoms with Crippen LogP contribution in [-0.2, 0) is 14.3 Å². The Labute approximate surface area is 72.0 Å². The lowest BCUT2D eigenvalue weighted by molar-refractivity contribution is 0.193. The van der Waals surface area contributed by atoms with Crippen molar-refractivity contribution in [3.63, 3.8) is 0 Å². The summed E-state index contributed by atoms with van der Waals surface area (Å²) in [6.45, 7) is -1.24. The van der Waals surface area contributed by atoms with Gasteiger partial charge >= 0.3 is 0 Å². The normalized spacial score (nSPS) is 21.1. The summed E-state index contributed by atoms with van der Waals surface area (Å²) in [5, 5.41) is -0.470. The summed E-state index contributed by atoms with van der Waals surface area (Å²) < 4.78 is 38.0. The molecular formula is C7H13FO3S. The van der Waals surface area contributed by atoms with Crippen molar-refractivity contribution >= 4 is 10.1 Å². The zero-order valence-electron chi connectivity index (χ0n) is 6.83. The molecule has 0 saturated heterocycles. The number of hydrogen-bond donors (Lipinski definition) is 0. The zero-order chi connectivity index (χ0) is 9.03. The van der Waals surface area contributed by atoms with Gasteiger partial charge in [0.25, 0.3) is 10.1 Å². The smallest absolute Gasteiger partial charge is 0.236 e. The van der Waals surface area contributed by atoms with Crippen LogP contribution in [0.1, 0.15) is 32.1 Å². The van der Waals surface area contributed by atoms with Crippen LogP contribution in [-0.4, -0.2) is 20.5 Å². The fourth-order valence-corrected chi connectivity index (χ4v) is 2.74. The van der Waals surface area contributed by atoms with E-state index in [9.17, 15) is 12.8 Å². The SMILES string of the molecule is O=S(=O)(OCF)C1CCCCC1. The molecule has 0 radical (unpaired) electrons. The molecule has 1 fully saturated rings. The van der Waals surface area contributed by atoms with E-state index >= 15 is 0 Å². The molecule has 0 spiro atoms. The Morgan fingerprint density at radius 2 is 1.83 bits per heavy atom. The van der Waals surface area contributed by atoms with E-state index in [-0.39, 0.29) is 0 Å². The van der Waals surface area contributed by atoms with E-state index in [1.807, 2.05) is 0 Å². The number of halogens is 1. The fraction of sp³-hybridized carbons (Fsp3) is 1.00. The van der Waals surface area contributed by atoms with Gasteiger partial charge in [-0.05, 0) is 12.8 Å². The van der Waals surface area contributed by atoms with Crippen molar-refractivity contribution in [1.29, 1.82) is 0 Å². The molecule has 1 aliphatic rings. The third-order valence-corrected chi connectivity index (χ3v) is 3.87. The van der Waals surface area contributed by atoms with Crippen LogP contribution in [0.25, 0.3) is 0 Å². The maximum Gasteiger partial charge on any atom is 0.272 e. The standard InChI is InChI=1S/C7H13FO3S/c8-6-11-12(9,10)7-4-2-1-3-5-7/h7H,1-6H2. The van der Waals surface area contributed by atoms with Crippen molar-refractivity contribution in [3.05, 3.63) is 0 Å². The molecule has 5 heteroatoms. The van der Waals surface area contributed by atoms with E-state index in [1.165, 1.54) is 0 Å². The molecule has 0 atom stereocenters. The first-order valence-corrected chi connectivity index (χ1v) is 5.58. The lowest BCUT2D eigenvalue weighted by atomic mass is 10.0. The van der Waals surface area contributed by atoms with Crippen molar-refractivity contribution in [2.75, 3.05) is 6.86 Å². The molecule has 3 nitrogen and oxygen atoms in total. The van der Waals surface area contributed by atoms with Gasteiger partial charge in [-0.15, -0.1) is 0 Å². The lowest BCUT2D eigenvalue weighted by Crippen LogP contribution is -2.25. The first-order valence-electron chi connectivity index (χ1n) is 4.11. The summed E-state index contributed by atoms with van der Waals surface area (Å²) in [4.78, 5) is 0. The molecule has 0 aliphatic heterocycles. The van der Waals surface area contributed by atoms with Crippen LogP contribution >= 0.6 is 0 Å². The first-order chi connectivity index (χ1) is 5.67. The van der Waals surface area contributed by atoms with Crippen LogP contribution in [0.2, 0.25) is 0 Å². The summed E-state index contributed by atoms with van der Waals surface area (Å²) in [5.41, 5.74) is 0. The lowest BCUT2D eigenvalue weighted by Gasteiger charge is -2.20. The van der Waals surface area contributed by atoms with Gasteiger partial charge in [-0.1, -0.05) is 19.3 Å². The molecule has 1 rings (SSSR count). The van der Waals surface area contributed by atoms with E-state index < -0.39 is 22.2 Å². The summed E-state index contributed by atoms with van der Waals surface area (Å²) in [5.74, 6) is 0. The van der Waals surface area contributed by atoms with E-state index in [4.69, 9.17) is 0 Å². The minimum atomic E-state index is -3.61. The summed E-state index contributed by atoms with van der Waals surface area (Å²) in [6.07, 6.45) is 4.10. The molecule has 0 aromatic rings. The highest BCUT2D eigenvalue weighted by Gasteiger charge is 2.27. The van der Waals surface area contributed by atoms with E-state index in [0.717, 1.165) is 19.3 Å². The van der Waals surface area contributed by atoms with Gasteiger partial charge in [-0.25, -0.2) is 8.57 Å². The molecule has 0 N–H and O–H groups in total. The predicted molar refractivity (Wildman–Crippen MR) is 42.9 cm³/mol. The van der Waals surface area contributed by atoms with Crippen LogP contribution in [0.5, 0.6) is 0 Å². The topological polar surface area (TPSA) is 43.4 Å². The number of rotatable bonds is 3. The molecule has 0 aromatic heterocycles. The average Bonchev–Trinajstić information content (AvgIpc) is 2.06. The van der Waals surface area contributed by atoms with Gasteiger partial charge in [-0.3, -0.25) is 0 Å². The minimum absolute atomic E-state index is 0.470. The third-order valence-electron chi connectivity index (χ3n) is 2.17. The third kappa shape index (κ3) is 2.42. The van der Waals surface area contributed by atoms with Crippen LogP contribution in [0.3, 0.4) is 0 Å². The van der Waals surface area contributed by atoms with Crippen LogP contribution in [0.15, 0.2) is 0 Å². The highest BCUT2D eigenvalue weighted by molar-refractivity contribution is 7.87. The Hall–Kier alpha value is -0.160. The predicted octanol–water partition coefficient (Wildman–Crippen LogP) is 1.59. The zero-order valence-corrected chi connectivity index (χ0v) is 7.65. The Bertz CT molecular complexity index is 219. The molecule has 1 aliphatic carbocycles. The van der Waals surface area contributed by atoms with E-state index in [1.54, 1.807) is 0 Å². The summed E-state index contributed by atoms with van der Waals surface area (Å²) in [6, 6.07) is 0. The fourth-order valence-electron chi connectivity index (χ4n) is 1.51. The van der Waals surface area contributed by atoms with Crippen LogP contribution < -0.4 is 0 Å². The summed E-state index contributed by atoms with van der Waals surface area (Å²) >= 11 is 0. The van der Waals surface area contributed by atoms with Crippen molar-refractivity contribution in [2.45, 2.75) is 37.4 Å². The quantitative estimate of drug-likeness (QED) is 0.644. The second kappa shape index (κ2) is 4.18. The van der Waals surface area contributed by atoms with Gasteiger partial charge in [0.05, 0.1) is 5.25 Å². The molecule has 0 unspecified atom stereocenters. The average molecular weight is 196 g/mol. The van der Waals surface area contributed by atoms with E-state index in [0.29, 0.717) is 12.8 Å². The molecule has 12 heavy (non-hydrogen) atoms.